The molecule has 1 saturated carbocycles. The van der Waals surface area contributed by atoms with Gasteiger partial charge in [-0.25, -0.2) is 0 Å². The summed E-state index contributed by atoms with van der Waals surface area (Å²) in [6.07, 6.45) is 6.70. The Morgan fingerprint density at radius 2 is 2.44 bits per heavy atom. The van der Waals surface area contributed by atoms with Crippen molar-refractivity contribution in [3.8, 4) is 0 Å². The Labute approximate surface area is 57.0 Å². The summed E-state index contributed by atoms with van der Waals surface area (Å²) >= 11 is 0. The minimum atomic E-state index is 0.712. The van der Waals surface area contributed by atoms with Crippen LogP contribution in [0.4, 0.5) is 0 Å². The van der Waals surface area contributed by atoms with Crippen molar-refractivity contribution in [3.63, 3.8) is 0 Å². The molecule has 0 radical (unpaired) electrons. The maximum Gasteiger partial charge on any atom is -0.0149 e. The van der Waals surface area contributed by atoms with Crippen LogP contribution in [0.3, 0.4) is 0 Å². The Balaban J connectivity index is 2.24. The minimum Gasteiger partial charge on any atom is -0.0847 e. The molecule has 0 heteroatoms. The van der Waals surface area contributed by atoms with Gasteiger partial charge in [-0.3, -0.25) is 0 Å². The fraction of sp³-hybridized carbons (Fsp3) is 0.778. The quantitative estimate of drug-likeness (QED) is 0.433. The molecule has 2 rings (SSSR count). The van der Waals surface area contributed by atoms with Gasteiger partial charge in [0.15, 0.2) is 0 Å². The highest BCUT2D eigenvalue weighted by Crippen LogP contribution is 2.56. The number of hydrogen-bond donors (Lipinski definition) is 0. The van der Waals surface area contributed by atoms with Crippen molar-refractivity contribution in [2.24, 2.45) is 11.3 Å². The zero-order valence-corrected chi connectivity index (χ0v) is 6.28. The molecule has 0 aliphatic heterocycles. The molecule has 1 fully saturated rings. The molecule has 9 heavy (non-hydrogen) atoms. The minimum absolute atomic E-state index is 0.712. The molecule has 0 N–H and O–H groups in total. The van der Waals surface area contributed by atoms with Gasteiger partial charge in [0.1, 0.15) is 0 Å². The fourth-order valence-corrected chi connectivity index (χ4v) is 2.34. The average molecular weight is 122 g/mol. The number of allylic oxidation sites excluding steroid dienone is 2. The first-order valence-electron chi connectivity index (χ1n) is 3.89. The number of rotatable bonds is 0. The van der Waals surface area contributed by atoms with Gasteiger partial charge in [0.2, 0.25) is 0 Å². The highest BCUT2D eigenvalue weighted by Gasteiger charge is 2.45. The SMILES string of the molecule is CC1=CC[C@]2(C)CC[C@H]12. The smallest absolute Gasteiger partial charge is 0.0149 e. The third kappa shape index (κ3) is 0.540. The second kappa shape index (κ2) is 1.42. The summed E-state index contributed by atoms with van der Waals surface area (Å²) in [5.74, 6) is 0.970. The van der Waals surface area contributed by atoms with E-state index < -0.39 is 0 Å². The van der Waals surface area contributed by atoms with E-state index in [9.17, 15) is 0 Å². The van der Waals surface area contributed by atoms with Gasteiger partial charge < -0.3 is 0 Å². The Hall–Kier alpha value is -0.260. The molecule has 0 saturated heterocycles. The van der Waals surface area contributed by atoms with Crippen LogP contribution in [0.5, 0.6) is 0 Å². The van der Waals surface area contributed by atoms with Gasteiger partial charge in [0, 0.05) is 0 Å². The Kier molecular flexibility index (Phi) is 0.870. The summed E-state index contributed by atoms with van der Waals surface area (Å²) in [6, 6.07) is 0. The van der Waals surface area contributed by atoms with E-state index in [2.05, 4.69) is 19.9 Å². The van der Waals surface area contributed by atoms with Crippen LogP contribution in [0, 0.1) is 11.3 Å². The van der Waals surface area contributed by atoms with E-state index in [4.69, 9.17) is 0 Å². The Morgan fingerprint density at radius 1 is 1.67 bits per heavy atom. The van der Waals surface area contributed by atoms with Crippen LogP contribution in [0.1, 0.15) is 33.1 Å². The molecule has 0 heterocycles. The molecule has 0 aromatic rings. The van der Waals surface area contributed by atoms with E-state index in [1.54, 1.807) is 5.57 Å². The van der Waals surface area contributed by atoms with E-state index in [0.29, 0.717) is 5.41 Å². The van der Waals surface area contributed by atoms with Crippen LogP contribution in [-0.2, 0) is 0 Å². The van der Waals surface area contributed by atoms with Gasteiger partial charge in [-0.15, -0.1) is 0 Å². The van der Waals surface area contributed by atoms with Crippen molar-refractivity contribution < 1.29 is 0 Å². The fourth-order valence-electron chi connectivity index (χ4n) is 2.34. The van der Waals surface area contributed by atoms with Crippen LogP contribution in [0.15, 0.2) is 11.6 Å². The molecule has 0 aromatic carbocycles. The van der Waals surface area contributed by atoms with Crippen LogP contribution in [-0.4, -0.2) is 0 Å². The topological polar surface area (TPSA) is 0 Å². The molecule has 2 atom stereocenters. The summed E-state index contributed by atoms with van der Waals surface area (Å²) < 4.78 is 0. The summed E-state index contributed by atoms with van der Waals surface area (Å²) in [6.45, 7) is 4.71. The maximum absolute atomic E-state index is 2.43. The molecule has 0 unspecified atom stereocenters. The lowest BCUT2D eigenvalue weighted by molar-refractivity contribution is 0.102. The van der Waals surface area contributed by atoms with Crippen LogP contribution in [0.2, 0.25) is 0 Å². The third-order valence-electron chi connectivity index (χ3n) is 3.29. The van der Waals surface area contributed by atoms with E-state index in [1.165, 1.54) is 19.3 Å². The summed E-state index contributed by atoms with van der Waals surface area (Å²) in [5, 5.41) is 0. The number of fused-ring (bicyclic) bond motifs is 1. The molecule has 50 valence electrons. The molecular formula is C9H14. The Bertz CT molecular complexity index is 167. The third-order valence-corrected chi connectivity index (χ3v) is 3.29. The molecular weight excluding hydrogens is 108 g/mol. The lowest BCUT2D eigenvalue weighted by atomic mass is 9.61. The highest BCUT2D eigenvalue weighted by molar-refractivity contribution is 5.21. The second-order valence-corrected chi connectivity index (χ2v) is 3.90. The summed E-state index contributed by atoms with van der Waals surface area (Å²) in [7, 11) is 0. The molecule has 0 nitrogen and oxygen atoms in total. The largest absolute Gasteiger partial charge is 0.0847 e. The van der Waals surface area contributed by atoms with Crippen molar-refractivity contribution in [1.29, 1.82) is 0 Å². The molecule has 2 aliphatic rings. The molecule has 2 aliphatic carbocycles. The summed E-state index contributed by atoms with van der Waals surface area (Å²) in [4.78, 5) is 0. The van der Waals surface area contributed by atoms with Gasteiger partial charge in [-0.1, -0.05) is 18.6 Å². The van der Waals surface area contributed by atoms with Gasteiger partial charge in [-0.05, 0) is 37.5 Å². The molecule has 0 amide bonds. The van der Waals surface area contributed by atoms with Gasteiger partial charge in [-0.2, -0.15) is 0 Å². The highest BCUT2D eigenvalue weighted by atomic mass is 14.5. The number of hydrogen-bond acceptors (Lipinski definition) is 0. The Morgan fingerprint density at radius 3 is 2.67 bits per heavy atom. The lowest BCUT2D eigenvalue weighted by Gasteiger charge is -2.43. The first-order valence-corrected chi connectivity index (χ1v) is 3.89. The van der Waals surface area contributed by atoms with Crippen molar-refractivity contribution in [3.05, 3.63) is 11.6 Å². The normalized spacial score (nSPS) is 47.8. The van der Waals surface area contributed by atoms with Crippen LogP contribution >= 0.6 is 0 Å². The van der Waals surface area contributed by atoms with Crippen LogP contribution in [0.25, 0.3) is 0 Å². The average Bonchev–Trinajstić information content (AvgIpc) is 1.93. The molecule has 0 aromatic heterocycles. The summed E-state index contributed by atoms with van der Waals surface area (Å²) in [5.41, 5.74) is 2.37. The molecule has 0 bridgehead atoms. The van der Waals surface area contributed by atoms with E-state index in [0.717, 1.165) is 5.92 Å². The predicted molar refractivity (Wildman–Crippen MR) is 39.2 cm³/mol. The van der Waals surface area contributed by atoms with E-state index in [-0.39, 0.29) is 0 Å². The maximum atomic E-state index is 2.43. The van der Waals surface area contributed by atoms with Gasteiger partial charge >= 0.3 is 0 Å². The molecule has 0 spiro atoms. The van der Waals surface area contributed by atoms with Crippen molar-refractivity contribution in [1.82, 2.24) is 0 Å². The predicted octanol–water partition coefficient (Wildman–Crippen LogP) is 2.75. The van der Waals surface area contributed by atoms with Gasteiger partial charge in [0.25, 0.3) is 0 Å². The lowest BCUT2D eigenvalue weighted by Crippen LogP contribution is -2.33. The van der Waals surface area contributed by atoms with E-state index in [1.807, 2.05) is 0 Å². The van der Waals surface area contributed by atoms with Crippen molar-refractivity contribution in [2.75, 3.05) is 0 Å². The standard InChI is InChI=1S/C9H14/c1-7-3-5-9(2)6-4-8(7)9/h3,8H,4-6H2,1-2H3/t8-,9-/m1/s1. The first kappa shape index (κ1) is 5.52. The zero-order chi connectivity index (χ0) is 6.48. The second-order valence-electron chi connectivity index (χ2n) is 3.90. The van der Waals surface area contributed by atoms with Crippen molar-refractivity contribution in [2.45, 2.75) is 33.1 Å². The van der Waals surface area contributed by atoms with Gasteiger partial charge in [0.05, 0.1) is 0 Å². The van der Waals surface area contributed by atoms with Crippen molar-refractivity contribution >= 4 is 0 Å². The van der Waals surface area contributed by atoms with E-state index >= 15 is 0 Å². The zero-order valence-electron chi connectivity index (χ0n) is 6.28. The van der Waals surface area contributed by atoms with Crippen LogP contribution < -0.4 is 0 Å². The monoisotopic (exact) mass is 122 g/mol. The first-order chi connectivity index (χ1) is 4.22.